The Hall–Kier alpha value is -0.570. The summed E-state index contributed by atoms with van der Waals surface area (Å²) in [5.74, 6) is 0.251. The van der Waals surface area contributed by atoms with E-state index >= 15 is 0 Å². The lowest BCUT2D eigenvalue weighted by Gasteiger charge is -2.18. The highest BCUT2D eigenvalue weighted by atomic mass is 35.5. The van der Waals surface area contributed by atoms with Gasteiger partial charge in [-0.15, -0.1) is 0 Å². The molecule has 1 aromatic carbocycles. The fourth-order valence-electron chi connectivity index (χ4n) is 1.59. The Balaban J connectivity index is 2.17. The zero-order valence-corrected chi connectivity index (χ0v) is 8.48. The smallest absolute Gasteiger partial charge is 0.107 e. The van der Waals surface area contributed by atoms with Gasteiger partial charge < -0.3 is 10.2 Å². The number of aliphatic hydroxyl groups is 2. The molecule has 0 amide bonds. The molecular weight excluding hydrogens is 200 g/mol. The van der Waals surface area contributed by atoms with Crippen LogP contribution in [0.25, 0.3) is 0 Å². The molecule has 0 heterocycles. The van der Waals surface area contributed by atoms with Crippen molar-refractivity contribution in [2.24, 2.45) is 5.92 Å². The lowest BCUT2D eigenvalue weighted by molar-refractivity contribution is 0.00490. The summed E-state index contributed by atoms with van der Waals surface area (Å²) < 4.78 is 0. The molecule has 2 unspecified atom stereocenters. The van der Waals surface area contributed by atoms with E-state index in [0.29, 0.717) is 10.6 Å². The molecule has 0 spiro atoms. The Morgan fingerprint density at radius 3 is 2.43 bits per heavy atom. The van der Waals surface area contributed by atoms with E-state index in [1.807, 2.05) is 12.1 Å². The van der Waals surface area contributed by atoms with Crippen molar-refractivity contribution in [3.63, 3.8) is 0 Å². The minimum atomic E-state index is -0.851. The molecule has 76 valence electrons. The topological polar surface area (TPSA) is 40.5 Å². The number of rotatable bonds is 3. The second kappa shape index (κ2) is 3.89. The summed E-state index contributed by atoms with van der Waals surface area (Å²) in [4.78, 5) is 0. The van der Waals surface area contributed by atoms with Crippen molar-refractivity contribution < 1.29 is 10.2 Å². The predicted molar refractivity (Wildman–Crippen MR) is 55.1 cm³/mol. The predicted octanol–water partition coefficient (Wildman–Crippen LogP) is 2.14. The van der Waals surface area contributed by atoms with Gasteiger partial charge in [0.2, 0.25) is 0 Å². The lowest BCUT2D eigenvalue weighted by Crippen LogP contribution is -2.20. The molecule has 2 rings (SSSR count). The van der Waals surface area contributed by atoms with Crippen LogP contribution in [0.5, 0.6) is 0 Å². The SMILES string of the molecule is OC(c1ccccc1Cl)C(O)C1CC1. The van der Waals surface area contributed by atoms with Crippen LogP contribution < -0.4 is 0 Å². The molecule has 1 aliphatic carbocycles. The van der Waals surface area contributed by atoms with Crippen molar-refractivity contribution in [3.8, 4) is 0 Å². The molecule has 2 nitrogen and oxygen atoms in total. The molecule has 1 saturated carbocycles. The molecule has 14 heavy (non-hydrogen) atoms. The van der Waals surface area contributed by atoms with Crippen LogP contribution in [0.4, 0.5) is 0 Å². The summed E-state index contributed by atoms with van der Waals surface area (Å²) in [6.07, 6.45) is 0.483. The van der Waals surface area contributed by atoms with Crippen LogP contribution in [0, 0.1) is 5.92 Å². The van der Waals surface area contributed by atoms with Crippen LogP contribution in [0.1, 0.15) is 24.5 Å². The molecule has 2 N–H and O–H groups in total. The molecule has 0 saturated heterocycles. The van der Waals surface area contributed by atoms with Crippen LogP contribution in [0.3, 0.4) is 0 Å². The van der Waals surface area contributed by atoms with Crippen LogP contribution in [0.2, 0.25) is 5.02 Å². The summed E-state index contributed by atoms with van der Waals surface area (Å²) in [6, 6.07) is 7.09. The normalized spacial score (nSPS) is 20.5. The second-order valence-corrected chi connectivity index (χ2v) is 4.20. The molecule has 2 atom stereocenters. The van der Waals surface area contributed by atoms with E-state index in [1.165, 1.54) is 0 Å². The van der Waals surface area contributed by atoms with E-state index in [-0.39, 0.29) is 5.92 Å². The van der Waals surface area contributed by atoms with Crippen molar-refractivity contribution in [1.82, 2.24) is 0 Å². The van der Waals surface area contributed by atoms with E-state index < -0.39 is 12.2 Å². The Morgan fingerprint density at radius 1 is 1.21 bits per heavy atom. The van der Waals surface area contributed by atoms with Crippen LogP contribution in [0.15, 0.2) is 24.3 Å². The summed E-state index contributed by atoms with van der Waals surface area (Å²) >= 11 is 5.92. The second-order valence-electron chi connectivity index (χ2n) is 3.79. The first-order valence-electron chi connectivity index (χ1n) is 4.80. The maximum absolute atomic E-state index is 9.85. The first-order valence-corrected chi connectivity index (χ1v) is 5.18. The number of benzene rings is 1. The largest absolute Gasteiger partial charge is 0.390 e. The monoisotopic (exact) mass is 212 g/mol. The number of hydrogen-bond acceptors (Lipinski definition) is 2. The highest BCUT2D eigenvalue weighted by Gasteiger charge is 2.35. The van der Waals surface area contributed by atoms with Gasteiger partial charge in [-0.3, -0.25) is 0 Å². The summed E-state index contributed by atoms with van der Waals surface area (Å²) in [5, 5.41) is 20.1. The van der Waals surface area contributed by atoms with Gasteiger partial charge in [-0.25, -0.2) is 0 Å². The highest BCUT2D eigenvalue weighted by Crippen LogP contribution is 2.39. The fraction of sp³-hybridized carbons (Fsp3) is 0.455. The first kappa shape index (κ1) is 9.97. The molecular formula is C11H13ClO2. The minimum absolute atomic E-state index is 0.251. The Labute approximate surface area is 88.1 Å². The van der Waals surface area contributed by atoms with E-state index in [4.69, 9.17) is 11.6 Å². The van der Waals surface area contributed by atoms with E-state index in [2.05, 4.69) is 0 Å². The molecule has 0 radical (unpaired) electrons. The number of hydrogen-bond donors (Lipinski definition) is 2. The molecule has 0 bridgehead atoms. The molecule has 0 aromatic heterocycles. The van der Waals surface area contributed by atoms with Gasteiger partial charge in [0.05, 0.1) is 6.10 Å². The van der Waals surface area contributed by atoms with Gasteiger partial charge in [-0.2, -0.15) is 0 Å². The lowest BCUT2D eigenvalue weighted by atomic mass is 10.0. The average Bonchev–Trinajstić information content (AvgIpc) is 3.00. The third-order valence-electron chi connectivity index (χ3n) is 2.65. The Morgan fingerprint density at radius 2 is 1.86 bits per heavy atom. The van der Waals surface area contributed by atoms with Gasteiger partial charge in [0.25, 0.3) is 0 Å². The summed E-state index contributed by atoms with van der Waals surface area (Å²) in [5.41, 5.74) is 0.619. The van der Waals surface area contributed by atoms with Gasteiger partial charge in [0, 0.05) is 10.6 Å². The standard InChI is InChI=1S/C11H13ClO2/c12-9-4-2-1-3-8(9)11(14)10(13)7-5-6-7/h1-4,7,10-11,13-14H,5-6H2. The molecule has 3 heteroatoms. The molecule has 0 aliphatic heterocycles. The number of halogens is 1. The van der Waals surface area contributed by atoms with Crippen LogP contribution >= 0.6 is 11.6 Å². The first-order chi connectivity index (χ1) is 6.70. The maximum atomic E-state index is 9.85. The van der Waals surface area contributed by atoms with Crippen molar-refractivity contribution in [3.05, 3.63) is 34.9 Å². The third-order valence-corrected chi connectivity index (χ3v) is 3.00. The van der Waals surface area contributed by atoms with Gasteiger partial charge in [-0.05, 0) is 24.8 Å². The molecule has 1 aromatic rings. The quantitative estimate of drug-likeness (QED) is 0.806. The Kier molecular flexibility index (Phi) is 2.77. The maximum Gasteiger partial charge on any atom is 0.107 e. The van der Waals surface area contributed by atoms with E-state index in [0.717, 1.165) is 12.8 Å². The Bertz CT molecular complexity index is 323. The third kappa shape index (κ3) is 1.92. The van der Waals surface area contributed by atoms with Crippen molar-refractivity contribution in [1.29, 1.82) is 0 Å². The van der Waals surface area contributed by atoms with Crippen LogP contribution in [-0.4, -0.2) is 16.3 Å². The van der Waals surface area contributed by atoms with Gasteiger partial charge >= 0.3 is 0 Å². The van der Waals surface area contributed by atoms with Crippen LogP contribution in [-0.2, 0) is 0 Å². The summed E-state index contributed by atoms with van der Waals surface area (Å²) in [7, 11) is 0. The average molecular weight is 213 g/mol. The number of aliphatic hydroxyl groups excluding tert-OH is 2. The summed E-state index contributed by atoms with van der Waals surface area (Å²) in [6.45, 7) is 0. The van der Waals surface area contributed by atoms with Crippen molar-refractivity contribution >= 4 is 11.6 Å². The van der Waals surface area contributed by atoms with E-state index in [9.17, 15) is 10.2 Å². The van der Waals surface area contributed by atoms with Gasteiger partial charge in [0.1, 0.15) is 6.10 Å². The minimum Gasteiger partial charge on any atom is -0.390 e. The molecule has 1 aliphatic rings. The fourth-order valence-corrected chi connectivity index (χ4v) is 1.84. The molecule has 1 fully saturated rings. The van der Waals surface area contributed by atoms with E-state index in [1.54, 1.807) is 12.1 Å². The zero-order chi connectivity index (χ0) is 10.1. The van der Waals surface area contributed by atoms with Crippen molar-refractivity contribution in [2.45, 2.75) is 25.0 Å². The van der Waals surface area contributed by atoms with Gasteiger partial charge in [-0.1, -0.05) is 29.8 Å². The zero-order valence-electron chi connectivity index (χ0n) is 7.73. The highest BCUT2D eigenvalue weighted by molar-refractivity contribution is 6.31. The van der Waals surface area contributed by atoms with Gasteiger partial charge in [0.15, 0.2) is 0 Å². The van der Waals surface area contributed by atoms with Crippen molar-refractivity contribution in [2.75, 3.05) is 0 Å².